The Hall–Kier alpha value is -1.67. The molecule has 2 aromatic rings. The van der Waals surface area contributed by atoms with Gasteiger partial charge >= 0.3 is 0 Å². The van der Waals surface area contributed by atoms with E-state index in [9.17, 15) is 4.39 Å². The molecule has 2 rings (SSSR count). The molecule has 0 saturated heterocycles. The van der Waals surface area contributed by atoms with Gasteiger partial charge in [-0.2, -0.15) is 0 Å². The largest absolute Gasteiger partial charge is 0.306 e. The molecular formula is C17H20FN. The van der Waals surface area contributed by atoms with Crippen molar-refractivity contribution in [2.24, 2.45) is 0 Å². The van der Waals surface area contributed by atoms with Crippen molar-refractivity contribution in [3.8, 4) is 0 Å². The molecule has 19 heavy (non-hydrogen) atoms. The van der Waals surface area contributed by atoms with Gasteiger partial charge in [-0.15, -0.1) is 0 Å². The van der Waals surface area contributed by atoms with Crippen LogP contribution < -0.4 is 5.32 Å². The van der Waals surface area contributed by atoms with E-state index in [1.54, 1.807) is 6.07 Å². The lowest BCUT2D eigenvalue weighted by molar-refractivity contribution is 0.527. The Labute approximate surface area is 114 Å². The van der Waals surface area contributed by atoms with Crippen LogP contribution in [0.1, 0.15) is 35.2 Å². The van der Waals surface area contributed by atoms with Crippen LogP contribution in [0.25, 0.3) is 0 Å². The van der Waals surface area contributed by atoms with Crippen molar-refractivity contribution < 1.29 is 4.39 Å². The summed E-state index contributed by atoms with van der Waals surface area (Å²) in [5.74, 6) is -0.149. The van der Waals surface area contributed by atoms with Crippen molar-refractivity contribution in [3.05, 3.63) is 70.5 Å². The molecule has 0 heterocycles. The number of aryl methyl sites for hydroxylation is 2. The predicted molar refractivity (Wildman–Crippen MR) is 77.6 cm³/mol. The second-order valence-corrected chi connectivity index (χ2v) is 4.99. The van der Waals surface area contributed by atoms with Gasteiger partial charge in [0.15, 0.2) is 0 Å². The van der Waals surface area contributed by atoms with Crippen LogP contribution in [0.5, 0.6) is 0 Å². The molecule has 0 saturated carbocycles. The molecule has 1 N–H and O–H groups in total. The summed E-state index contributed by atoms with van der Waals surface area (Å²) in [5, 5.41) is 3.40. The summed E-state index contributed by atoms with van der Waals surface area (Å²) in [6, 6.07) is 13.2. The molecule has 0 fully saturated rings. The molecular weight excluding hydrogens is 237 g/mol. The van der Waals surface area contributed by atoms with Gasteiger partial charge in [0.2, 0.25) is 0 Å². The molecule has 0 aliphatic carbocycles. The third-order valence-electron chi connectivity index (χ3n) is 3.60. The van der Waals surface area contributed by atoms with Gasteiger partial charge in [-0.05, 0) is 43.5 Å². The van der Waals surface area contributed by atoms with Gasteiger partial charge in [-0.1, -0.05) is 36.4 Å². The first-order chi connectivity index (χ1) is 9.09. The molecule has 0 radical (unpaired) electrons. The molecule has 0 bridgehead atoms. The Morgan fingerprint density at radius 1 is 1.00 bits per heavy atom. The van der Waals surface area contributed by atoms with E-state index in [2.05, 4.69) is 37.4 Å². The van der Waals surface area contributed by atoms with Crippen molar-refractivity contribution in [2.45, 2.75) is 33.4 Å². The normalized spacial score (nSPS) is 12.4. The minimum Gasteiger partial charge on any atom is -0.306 e. The number of rotatable bonds is 4. The highest BCUT2D eigenvalue weighted by Crippen LogP contribution is 2.18. The average Bonchev–Trinajstić information content (AvgIpc) is 2.38. The Balaban J connectivity index is 2.09. The molecule has 0 spiro atoms. The van der Waals surface area contributed by atoms with Crippen LogP contribution in [0, 0.1) is 19.7 Å². The predicted octanol–water partition coefficient (Wildman–Crippen LogP) is 4.29. The van der Waals surface area contributed by atoms with E-state index < -0.39 is 0 Å². The molecule has 1 atom stereocenters. The number of benzene rings is 2. The lowest BCUT2D eigenvalue weighted by Gasteiger charge is -2.17. The summed E-state index contributed by atoms with van der Waals surface area (Å²) in [7, 11) is 0. The molecule has 0 aliphatic heterocycles. The fourth-order valence-corrected chi connectivity index (χ4v) is 2.32. The molecule has 0 aliphatic rings. The molecule has 0 amide bonds. The second kappa shape index (κ2) is 5.98. The van der Waals surface area contributed by atoms with Crippen molar-refractivity contribution >= 4 is 0 Å². The number of nitrogens with one attached hydrogen (secondary N) is 1. The van der Waals surface area contributed by atoms with Gasteiger partial charge in [0.05, 0.1) is 0 Å². The van der Waals surface area contributed by atoms with Gasteiger partial charge in [0, 0.05) is 18.2 Å². The summed E-state index contributed by atoms with van der Waals surface area (Å²) in [5.41, 5.74) is 4.56. The quantitative estimate of drug-likeness (QED) is 0.861. The lowest BCUT2D eigenvalue weighted by atomic mass is 10.0. The van der Waals surface area contributed by atoms with E-state index in [-0.39, 0.29) is 11.9 Å². The van der Waals surface area contributed by atoms with E-state index in [1.165, 1.54) is 22.8 Å². The highest BCUT2D eigenvalue weighted by Gasteiger charge is 2.10. The third kappa shape index (κ3) is 3.21. The fourth-order valence-electron chi connectivity index (χ4n) is 2.32. The van der Waals surface area contributed by atoms with Crippen LogP contribution in [0.4, 0.5) is 4.39 Å². The highest BCUT2D eigenvalue weighted by atomic mass is 19.1. The number of hydrogen-bond acceptors (Lipinski definition) is 1. The van der Waals surface area contributed by atoms with E-state index in [1.807, 2.05) is 19.1 Å². The Morgan fingerprint density at radius 3 is 2.26 bits per heavy atom. The zero-order chi connectivity index (χ0) is 13.8. The van der Waals surface area contributed by atoms with Crippen molar-refractivity contribution in [1.82, 2.24) is 5.32 Å². The Morgan fingerprint density at radius 2 is 1.63 bits per heavy atom. The molecule has 2 aromatic carbocycles. The van der Waals surface area contributed by atoms with Crippen molar-refractivity contribution in [2.75, 3.05) is 0 Å². The molecule has 0 unspecified atom stereocenters. The monoisotopic (exact) mass is 257 g/mol. The zero-order valence-corrected chi connectivity index (χ0v) is 11.7. The van der Waals surface area contributed by atoms with E-state index in [0.29, 0.717) is 5.56 Å². The first-order valence-electron chi connectivity index (χ1n) is 6.62. The van der Waals surface area contributed by atoms with Gasteiger partial charge in [-0.25, -0.2) is 4.39 Å². The maximum Gasteiger partial charge on any atom is 0.127 e. The topological polar surface area (TPSA) is 12.0 Å². The first kappa shape index (κ1) is 13.8. The standard InChI is InChI=1S/C17H20FN/c1-12-7-6-8-13(2)16(12)11-19-14(3)15-9-4-5-10-17(15)18/h4-10,14,19H,11H2,1-3H3/t14-/m1/s1. The molecule has 0 aromatic heterocycles. The average molecular weight is 257 g/mol. The van der Waals surface area contributed by atoms with Gasteiger partial charge in [0.1, 0.15) is 5.82 Å². The summed E-state index contributed by atoms with van der Waals surface area (Å²) in [6.45, 7) is 6.97. The summed E-state index contributed by atoms with van der Waals surface area (Å²) in [6.07, 6.45) is 0. The molecule has 100 valence electrons. The molecule has 1 nitrogen and oxygen atoms in total. The van der Waals surface area contributed by atoms with Crippen LogP contribution in [-0.4, -0.2) is 0 Å². The maximum absolute atomic E-state index is 13.7. The van der Waals surface area contributed by atoms with E-state index >= 15 is 0 Å². The Kier molecular flexibility index (Phi) is 4.33. The highest BCUT2D eigenvalue weighted by molar-refractivity contribution is 5.33. The van der Waals surface area contributed by atoms with Crippen LogP contribution in [0.15, 0.2) is 42.5 Å². The van der Waals surface area contributed by atoms with E-state index in [4.69, 9.17) is 0 Å². The zero-order valence-electron chi connectivity index (χ0n) is 11.7. The SMILES string of the molecule is Cc1cccc(C)c1CN[C@H](C)c1ccccc1F. The fraction of sp³-hybridized carbons (Fsp3) is 0.294. The maximum atomic E-state index is 13.7. The number of halogens is 1. The van der Waals surface area contributed by atoms with Gasteiger partial charge < -0.3 is 5.32 Å². The van der Waals surface area contributed by atoms with Crippen LogP contribution >= 0.6 is 0 Å². The summed E-state index contributed by atoms with van der Waals surface area (Å²) >= 11 is 0. The van der Waals surface area contributed by atoms with E-state index in [0.717, 1.165) is 6.54 Å². The minimum absolute atomic E-state index is 0.000191. The summed E-state index contributed by atoms with van der Waals surface area (Å²) in [4.78, 5) is 0. The molecule has 2 heteroatoms. The third-order valence-corrected chi connectivity index (χ3v) is 3.60. The number of hydrogen-bond donors (Lipinski definition) is 1. The second-order valence-electron chi connectivity index (χ2n) is 4.99. The van der Waals surface area contributed by atoms with Crippen molar-refractivity contribution in [1.29, 1.82) is 0 Å². The lowest BCUT2D eigenvalue weighted by Crippen LogP contribution is -2.20. The van der Waals surface area contributed by atoms with Crippen LogP contribution in [0.2, 0.25) is 0 Å². The summed E-state index contributed by atoms with van der Waals surface area (Å²) < 4.78 is 13.7. The van der Waals surface area contributed by atoms with Crippen LogP contribution in [0.3, 0.4) is 0 Å². The Bertz CT molecular complexity index is 543. The van der Waals surface area contributed by atoms with Gasteiger partial charge in [-0.3, -0.25) is 0 Å². The minimum atomic E-state index is -0.149. The van der Waals surface area contributed by atoms with Crippen LogP contribution in [-0.2, 0) is 6.54 Å². The smallest absolute Gasteiger partial charge is 0.127 e. The first-order valence-corrected chi connectivity index (χ1v) is 6.62. The van der Waals surface area contributed by atoms with Crippen molar-refractivity contribution in [3.63, 3.8) is 0 Å². The van der Waals surface area contributed by atoms with Gasteiger partial charge in [0.25, 0.3) is 0 Å².